The predicted octanol–water partition coefficient (Wildman–Crippen LogP) is 1.56. The molecule has 0 N–H and O–H groups in total. The summed E-state index contributed by atoms with van der Waals surface area (Å²) in [4.78, 5) is 0. The minimum atomic E-state index is -5.68. The number of hydrogen-bond donors (Lipinski definition) is 0. The molecule has 3 rings (SSSR count). The normalized spacial score (nSPS) is 30.7. The van der Waals surface area contributed by atoms with E-state index >= 15 is 0 Å². The maximum absolute atomic E-state index is 12.3. The van der Waals surface area contributed by atoms with Crippen LogP contribution in [0.1, 0.15) is 5.56 Å². The Balaban J connectivity index is 1.53. The molecule has 0 saturated carbocycles. The zero-order valence-corrected chi connectivity index (χ0v) is 12.4. The molecule has 1 aromatic rings. The van der Waals surface area contributed by atoms with E-state index in [1.807, 2.05) is 30.3 Å². The zero-order valence-electron chi connectivity index (χ0n) is 11.6. The monoisotopic (exact) mass is 354 g/mol. The molecular formula is C13H13F3O6S. The third-order valence-corrected chi connectivity index (χ3v) is 4.48. The Morgan fingerprint density at radius 3 is 2.52 bits per heavy atom. The Hall–Kier alpha value is -1.20. The fourth-order valence-electron chi connectivity index (χ4n) is 2.23. The molecule has 1 unspecified atom stereocenters. The van der Waals surface area contributed by atoms with Crippen molar-refractivity contribution in [3.63, 3.8) is 0 Å². The maximum Gasteiger partial charge on any atom is 0.523 e. The number of benzene rings is 1. The summed E-state index contributed by atoms with van der Waals surface area (Å²) in [6.07, 6.45) is -3.53. The number of hydrogen-bond acceptors (Lipinski definition) is 6. The van der Waals surface area contributed by atoms with Crippen LogP contribution in [-0.2, 0) is 35.1 Å². The molecule has 2 aliphatic heterocycles. The molecule has 0 amide bonds. The summed E-state index contributed by atoms with van der Waals surface area (Å²) < 4.78 is 78.9. The smallest absolute Gasteiger partial charge is 0.361 e. The second-order valence-corrected chi connectivity index (χ2v) is 6.66. The fraction of sp³-hybridized carbons (Fsp3) is 0.538. The summed E-state index contributed by atoms with van der Waals surface area (Å²) in [7, 11) is -5.68. The number of epoxide rings is 1. The molecule has 2 aliphatic rings. The molecule has 0 spiro atoms. The van der Waals surface area contributed by atoms with Gasteiger partial charge < -0.3 is 14.2 Å². The van der Waals surface area contributed by atoms with Crippen molar-refractivity contribution in [3.8, 4) is 0 Å². The van der Waals surface area contributed by atoms with Crippen molar-refractivity contribution in [2.45, 2.75) is 36.7 Å². The third-order valence-electron chi connectivity index (χ3n) is 3.41. The minimum Gasteiger partial charge on any atom is -0.361 e. The van der Waals surface area contributed by atoms with E-state index in [2.05, 4.69) is 4.18 Å². The highest BCUT2D eigenvalue weighted by Crippen LogP contribution is 2.39. The Bertz CT molecular complexity index is 647. The van der Waals surface area contributed by atoms with E-state index in [-0.39, 0.29) is 13.2 Å². The molecular weight excluding hydrogens is 341 g/mol. The van der Waals surface area contributed by atoms with Crippen molar-refractivity contribution < 1.29 is 40.0 Å². The van der Waals surface area contributed by atoms with Gasteiger partial charge in [0.05, 0.1) is 13.2 Å². The van der Waals surface area contributed by atoms with Gasteiger partial charge >= 0.3 is 15.6 Å². The highest BCUT2D eigenvalue weighted by molar-refractivity contribution is 7.87. The lowest BCUT2D eigenvalue weighted by Crippen LogP contribution is -2.43. The summed E-state index contributed by atoms with van der Waals surface area (Å²) in [6.45, 7) is -0.125. The molecule has 0 bridgehead atoms. The molecule has 2 saturated heterocycles. The van der Waals surface area contributed by atoms with Crippen molar-refractivity contribution in [1.82, 2.24) is 0 Å². The molecule has 4 atom stereocenters. The first-order valence-electron chi connectivity index (χ1n) is 6.70. The lowest BCUT2D eigenvalue weighted by atomic mass is 10.1. The van der Waals surface area contributed by atoms with Gasteiger partial charge in [-0.3, -0.25) is 4.18 Å². The van der Waals surface area contributed by atoms with Gasteiger partial charge in [0.15, 0.2) is 6.29 Å². The molecule has 6 nitrogen and oxygen atoms in total. The van der Waals surface area contributed by atoms with Crippen LogP contribution < -0.4 is 0 Å². The van der Waals surface area contributed by atoms with Gasteiger partial charge in [0, 0.05) is 0 Å². The summed E-state index contributed by atoms with van der Waals surface area (Å²) in [5, 5.41) is 0. The van der Waals surface area contributed by atoms with Crippen LogP contribution in [0.15, 0.2) is 30.3 Å². The highest BCUT2D eigenvalue weighted by Gasteiger charge is 2.59. The second-order valence-electron chi connectivity index (χ2n) is 5.10. The minimum absolute atomic E-state index is 0.241. The van der Waals surface area contributed by atoms with Crippen LogP contribution in [0.4, 0.5) is 13.2 Å². The lowest BCUT2D eigenvalue weighted by molar-refractivity contribution is -0.180. The topological polar surface area (TPSA) is 74.4 Å². The number of alkyl halides is 3. The number of rotatable bonds is 5. The van der Waals surface area contributed by atoms with Crippen LogP contribution in [0.3, 0.4) is 0 Å². The summed E-state index contributed by atoms with van der Waals surface area (Å²) >= 11 is 0. The van der Waals surface area contributed by atoms with Gasteiger partial charge in [0.25, 0.3) is 0 Å². The van der Waals surface area contributed by atoms with Gasteiger partial charge in [-0.15, -0.1) is 0 Å². The zero-order chi connectivity index (χ0) is 16.7. The van der Waals surface area contributed by atoms with Gasteiger partial charge in [-0.25, -0.2) is 0 Å². The average molecular weight is 354 g/mol. The van der Waals surface area contributed by atoms with E-state index < -0.39 is 40.2 Å². The van der Waals surface area contributed by atoms with E-state index in [1.54, 1.807) is 0 Å². The Morgan fingerprint density at radius 2 is 1.87 bits per heavy atom. The number of halogens is 3. The van der Waals surface area contributed by atoms with Gasteiger partial charge in [0.1, 0.15) is 18.3 Å². The molecule has 0 aliphatic carbocycles. The average Bonchev–Trinajstić information content (AvgIpc) is 3.27. The molecule has 0 aromatic heterocycles. The largest absolute Gasteiger partial charge is 0.523 e. The van der Waals surface area contributed by atoms with Crippen LogP contribution >= 0.6 is 0 Å². The van der Waals surface area contributed by atoms with Crippen molar-refractivity contribution in [2.24, 2.45) is 0 Å². The lowest BCUT2D eigenvalue weighted by Gasteiger charge is -2.25. The van der Waals surface area contributed by atoms with Gasteiger partial charge in [-0.05, 0) is 5.56 Å². The molecule has 0 radical (unpaired) electrons. The molecule has 10 heteroatoms. The Kier molecular flexibility index (Phi) is 4.36. The van der Waals surface area contributed by atoms with Crippen molar-refractivity contribution in [3.05, 3.63) is 35.9 Å². The van der Waals surface area contributed by atoms with E-state index in [1.165, 1.54) is 0 Å². The molecule has 2 heterocycles. The van der Waals surface area contributed by atoms with Gasteiger partial charge in [-0.1, -0.05) is 30.3 Å². The van der Waals surface area contributed by atoms with E-state index in [0.717, 1.165) is 5.56 Å². The SMILES string of the molecule is O=S(=O)(O[C@@H]1COC(OCc2ccccc2)[C@H]2O[C@H]21)C(F)(F)F. The third kappa shape index (κ3) is 3.66. The number of fused-ring (bicyclic) bond motifs is 1. The first-order valence-corrected chi connectivity index (χ1v) is 8.11. The first kappa shape index (κ1) is 16.7. The Morgan fingerprint density at radius 1 is 1.17 bits per heavy atom. The summed E-state index contributed by atoms with van der Waals surface area (Å²) in [5.74, 6) is 0. The standard InChI is InChI=1S/C13H13F3O6S/c14-13(15,16)23(17,18)22-9-7-20-12(11-10(9)21-11)19-6-8-4-2-1-3-5-8/h1-5,9-12H,6-7H2/t9-,10+,11+,12?/m1/s1. The van der Waals surface area contributed by atoms with Crippen LogP contribution in [-0.4, -0.2) is 45.1 Å². The van der Waals surface area contributed by atoms with Gasteiger partial charge in [-0.2, -0.15) is 21.6 Å². The maximum atomic E-state index is 12.3. The van der Waals surface area contributed by atoms with Crippen molar-refractivity contribution in [2.75, 3.05) is 6.61 Å². The summed E-state index contributed by atoms with van der Waals surface area (Å²) in [6, 6.07) is 9.21. The fourth-order valence-corrected chi connectivity index (χ4v) is 2.83. The summed E-state index contributed by atoms with van der Waals surface area (Å²) in [5.41, 5.74) is -4.58. The van der Waals surface area contributed by atoms with Crippen molar-refractivity contribution in [1.29, 1.82) is 0 Å². The quantitative estimate of drug-likeness (QED) is 0.454. The second kappa shape index (κ2) is 6.02. The highest BCUT2D eigenvalue weighted by atomic mass is 32.2. The van der Waals surface area contributed by atoms with E-state index in [9.17, 15) is 21.6 Å². The molecule has 1 aromatic carbocycles. The number of ether oxygens (including phenoxy) is 3. The van der Waals surface area contributed by atoms with Crippen LogP contribution in [0.2, 0.25) is 0 Å². The van der Waals surface area contributed by atoms with Crippen LogP contribution in [0.5, 0.6) is 0 Å². The molecule has 2 fully saturated rings. The first-order chi connectivity index (χ1) is 10.8. The molecule has 128 valence electrons. The van der Waals surface area contributed by atoms with Crippen LogP contribution in [0, 0.1) is 0 Å². The van der Waals surface area contributed by atoms with E-state index in [4.69, 9.17) is 14.2 Å². The Labute approximate surface area is 130 Å². The van der Waals surface area contributed by atoms with Crippen molar-refractivity contribution >= 4 is 10.1 Å². The van der Waals surface area contributed by atoms with E-state index in [0.29, 0.717) is 0 Å². The van der Waals surface area contributed by atoms with Gasteiger partial charge in [0.2, 0.25) is 0 Å². The predicted molar refractivity (Wildman–Crippen MR) is 69.5 cm³/mol. The molecule has 23 heavy (non-hydrogen) atoms. The van der Waals surface area contributed by atoms with Crippen LogP contribution in [0.25, 0.3) is 0 Å².